The molecule has 0 aliphatic carbocycles. The van der Waals surface area contributed by atoms with Gasteiger partial charge in [0.05, 0.1) is 61.9 Å². The Balaban J connectivity index is 0.000000187. The van der Waals surface area contributed by atoms with Crippen LogP contribution in [0.5, 0.6) is 17.2 Å². The van der Waals surface area contributed by atoms with Gasteiger partial charge in [0.2, 0.25) is 0 Å². The maximum absolute atomic E-state index is 9.92. The van der Waals surface area contributed by atoms with Gasteiger partial charge in [-0.15, -0.1) is 12.3 Å². The molecule has 0 spiro atoms. The first-order valence-corrected chi connectivity index (χ1v) is 32.0. The third kappa shape index (κ3) is 20.9. The van der Waals surface area contributed by atoms with Crippen molar-refractivity contribution in [2.45, 2.75) is 27.1 Å². The average molecular weight is 1440 g/mol. The molecule has 0 saturated carbocycles. The predicted molar refractivity (Wildman–Crippen MR) is 378 cm³/mol. The van der Waals surface area contributed by atoms with Gasteiger partial charge in [-0.1, -0.05) is 51.9 Å². The van der Waals surface area contributed by atoms with Gasteiger partial charge in [0.1, 0.15) is 65.2 Å². The number of morpholine rings is 3. The minimum Gasteiger partial charge on any atom is -0.769 e. The Kier molecular flexibility index (Phi) is 31.0. The maximum Gasteiger partial charge on any atom is 1.00 e. The van der Waals surface area contributed by atoms with E-state index in [1.165, 1.54) is 0 Å². The SMILES string of the molecule is C#CC.C=O.COCOc1cccc(-c2nc(N3CCOCC3)c3ncc(-c4cc(COC)on4)cc3n2)c1.COCOc1cccc(-c2nc(N3CCOCC3)c3ncc(C(C)=NO)cc3n2)c1.COCc1cc(-c2cnc3c(N4CCOCC4)nc(-c4cccc(O)c4)nc3c2)no1.[Na+].[O-]Cl. The van der Waals surface area contributed by atoms with E-state index in [9.17, 15) is 5.11 Å². The topological polar surface area (TPSA) is 354 Å². The largest absolute Gasteiger partial charge is 1.00 e. The number of anilines is 3. The second-order valence-electron chi connectivity index (χ2n) is 22.1. The molecular weight excluding hydrogens is 1360 g/mol. The number of methoxy groups -OCH3 is 4. The number of terminal acetylenes is 1. The van der Waals surface area contributed by atoms with Crippen LogP contribution in [0.4, 0.5) is 17.5 Å². The number of aromatic nitrogens is 11. The van der Waals surface area contributed by atoms with Crippen molar-refractivity contribution in [2.75, 3.05) is 136 Å². The standard InChI is InChI=1S/C24H25N5O5.C22H21N5O4.C21H23N5O4.C3H4.CH2O.ClO.Na/c1-30-14-19-12-20(28-34-19)17-11-21-22(25-13-17)24(29-6-8-32-9-7-29)27-23(26-21)16-4-3-5-18(10-16)33-15-31-2;1-29-13-17-11-18(26-31-17)15-10-19-20(23-12-15)22(27-5-7-30-8-6-27)25-21(24-19)14-3-2-4-16(28)9-14;1-14(25-27)16-11-18-19(22-12-16)21(26-6-8-29-9-7-26)24-20(23-18)15-4-3-5-17(10-15)30-13-28-2;1-3-2;2*1-2;/h3-5,10-13H,6-9,14-15H2,1-2H3;2-4,9-12,28H,5-8,13H2,1H3;3-5,10-12,27H,6-9,13H2,1-2H3;1H,2H3;1H2;;/q;;;;;-1;+1. The van der Waals surface area contributed by atoms with Gasteiger partial charge in [-0.05, 0) is 68.4 Å². The molecule has 3 aliphatic rings. The first kappa shape index (κ1) is 78.7. The maximum atomic E-state index is 9.92. The Morgan fingerprint density at radius 1 is 0.544 bits per heavy atom. The molecule has 2 N–H and O–H groups in total. The molecule has 3 aliphatic heterocycles. The number of carbonyl (C=O) groups excluding carboxylic acids is 1. The Morgan fingerprint density at radius 2 is 0.913 bits per heavy atom. The third-order valence-corrected chi connectivity index (χ3v) is 15.3. The minimum absolute atomic E-state index is 0. The number of pyridine rings is 3. The summed E-state index contributed by atoms with van der Waals surface area (Å²) < 4.78 is 66.3. The van der Waals surface area contributed by atoms with Gasteiger partial charge in [0.15, 0.2) is 60.0 Å². The number of hydrogen-bond acceptors (Lipinski definition) is 30. The van der Waals surface area contributed by atoms with Crippen LogP contribution in [0.1, 0.15) is 30.9 Å². The van der Waals surface area contributed by atoms with E-state index >= 15 is 0 Å². The number of phenols is 1. The third-order valence-electron chi connectivity index (χ3n) is 15.3. The molecule has 0 amide bonds. The summed E-state index contributed by atoms with van der Waals surface area (Å²) in [6, 6.07) is 31.5. The quantitative estimate of drug-likeness (QED) is 0.0233. The molecule has 103 heavy (non-hydrogen) atoms. The van der Waals surface area contributed by atoms with Crippen LogP contribution in [-0.2, 0) is 51.2 Å². The fourth-order valence-corrected chi connectivity index (χ4v) is 10.6. The zero-order valence-electron chi connectivity index (χ0n) is 57.9. The smallest absolute Gasteiger partial charge is 0.769 e. The van der Waals surface area contributed by atoms with E-state index in [0.717, 1.165) is 90.1 Å². The van der Waals surface area contributed by atoms with E-state index in [1.807, 2.05) is 91.7 Å². The van der Waals surface area contributed by atoms with Crippen molar-refractivity contribution in [3.63, 3.8) is 0 Å². The van der Waals surface area contributed by atoms with Crippen LogP contribution < -0.4 is 58.4 Å². The summed E-state index contributed by atoms with van der Waals surface area (Å²) in [6.07, 6.45) is 9.78. The van der Waals surface area contributed by atoms with Gasteiger partial charge >= 0.3 is 29.6 Å². The molecule has 0 radical (unpaired) electrons. The predicted octanol–water partition coefficient (Wildman–Crippen LogP) is 6.02. The molecule has 11 aromatic rings. The number of ether oxygens (including phenoxy) is 9. The van der Waals surface area contributed by atoms with Gasteiger partial charge in [-0.2, -0.15) is 0 Å². The van der Waals surface area contributed by atoms with Crippen LogP contribution in [0.25, 0.3) is 89.8 Å². The monoisotopic (exact) mass is 1440 g/mol. The van der Waals surface area contributed by atoms with E-state index in [1.54, 1.807) is 79.1 Å². The fourth-order valence-electron chi connectivity index (χ4n) is 10.6. The summed E-state index contributed by atoms with van der Waals surface area (Å²) in [4.78, 5) is 57.3. The number of fused-ring (bicyclic) bond motifs is 3. The number of rotatable bonds is 19. The first-order valence-electron chi connectivity index (χ1n) is 31.7. The van der Waals surface area contributed by atoms with E-state index in [4.69, 9.17) is 101 Å². The summed E-state index contributed by atoms with van der Waals surface area (Å²) in [5, 5.41) is 30.6. The number of aromatic hydroxyl groups is 1. The van der Waals surface area contributed by atoms with Crippen LogP contribution in [0, 0.1) is 12.3 Å². The van der Waals surface area contributed by atoms with Crippen molar-refractivity contribution >= 4 is 74.9 Å². The first-order chi connectivity index (χ1) is 50.1. The van der Waals surface area contributed by atoms with Crippen molar-refractivity contribution in [3.8, 4) is 86.3 Å². The number of halogens is 1. The van der Waals surface area contributed by atoms with Crippen molar-refractivity contribution < 1.29 is 101 Å². The zero-order valence-corrected chi connectivity index (χ0v) is 60.7. The van der Waals surface area contributed by atoms with Gasteiger partial charge < -0.3 is 86.1 Å². The Bertz CT molecular complexity index is 4590. The van der Waals surface area contributed by atoms with Crippen molar-refractivity contribution in [3.05, 3.63) is 139 Å². The zero-order chi connectivity index (χ0) is 72.2. The summed E-state index contributed by atoms with van der Waals surface area (Å²) in [7, 11) is 6.38. The molecule has 11 heterocycles. The fraction of sp³-hybridized carbons (Fsp3) is 0.310. The molecule has 532 valence electrons. The van der Waals surface area contributed by atoms with Gasteiger partial charge in [-0.25, -0.2) is 56.7 Å². The van der Waals surface area contributed by atoms with Gasteiger partial charge in [-0.3, -0.25) is 0 Å². The Labute approximate surface area is 620 Å². The molecule has 32 heteroatoms. The normalized spacial score (nSPS) is 13.4. The summed E-state index contributed by atoms with van der Waals surface area (Å²) in [5.74, 6) is 8.97. The van der Waals surface area contributed by atoms with Crippen molar-refractivity contribution in [1.29, 1.82) is 0 Å². The van der Waals surface area contributed by atoms with Crippen LogP contribution in [0.3, 0.4) is 0 Å². The number of benzene rings is 3. The van der Waals surface area contributed by atoms with E-state index < -0.39 is 0 Å². The molecule has 0 bridgehead atoms. The molecule has 3 aromatic carbocycles. The summed E-state index contributed by atoms with van der Waals surface area (Å²) >= 11 is 3.39. The van der Waals surface area contributed by atoms with E-state index in [0.29, 0.717) is 144 Å². The molecular formula is C71H75ClN15NaO15. The van der Waals surface area contributed by atoms with Crippen LogP contribution >= 0.6 is 11.9 Å². The number of nitrogens with zero attached hydrogens (tertiary/aromatic N) is 15. The minimum atomic E-state index is 0. The molecule has 3 fully saturated rings. The Morgan fingerprint density at radius 3 is 1.28 bits per heavy atom. The molecule has 3 saturated heterocycles. The number of hydrogen-bond donors (Lipinski definition) is 2. The van der Waals surface area contributed by atoms with E-state index in [2.05, 4.69) is 64.3 Å². The van der Waals surface area contributed by atoms with Crippen molar-refractivity contribution in [2.24, 2.45) is 5.16 Å². The number of oxime groups is 1. The molecule has 0 unspecified atom stereocenters. The number of phenolic OH excluding ortho intramolecular Hbond substituents is 1. The van der Waals surface area contributed by atoms with E-state index in [-0.39, 0.29) is 48.9 Å². The average Bonchev–Trinajstić information content (AvgIpc) is 1.29. The molecule has 14 rings (SSSR count). The van der Waals surface area contributed by atoms with Crippen LogP contribution in [0.15, 0.2) is 136 Å². The second-order valence-corrected chi connectivity index (χ2v) is 22.1. The molecule has 30 nitrogen and oxygen atoms in total. The Hall–Kier alpha value is -9.98. The summed E-state index contributed by atoms with van der Waals surface area (Å²) in [5.41, 5.74) is 10.6. The molecule has 0 atom stereocenters. The van der Waals surface area contributed by atoms with Crippen molar-refractivity contribution in [1.82, 2.24) is 55.2 Å². The van der Waals surface area contributed by atoms with Gasteiger partial charge in [0, 0.05) is 132 Å². The summed E-state index contributed by atoms with van der Waals surface area (Å²) in [6.45, 7) is 14.6. The van der Waals surface area contributed by atoms with Gasteiger partial charge in [0.25, 0.3) is 0 Å². The van der Waals surface area contributed by atoms with Crippen LogP contribution in [0.2, 0.25) is 0 Å². The second kappa shape index (κ2) is 40.6. The number of carbonyl (C=O) groups is 1. The molecule has 8 aromatic heterocycles. The van der Waals surface area contributed by atoms with Crippen LogP contribution in [-0.4, -0.2) is 199 Å².